The molecular weight excluding hydrogens is 214 g/mol. The van der Waals surface area contributed by atoms with Crippen LogP contribution in [0.3, 0.4) is 0 Å². The van der Waals surface area contributed by atoms with Crippen LogP contribution in [0.4, 0.5) is 0 Å². The Labute approximate surface area is 99.8 Å². The topological polar surface area (TPSA) is 50.2 Å². The highest BCUT2D eigenvalue weighted by Crippen LogP contribution is 2.23. The molecule has 0 radical (unpaired) electrons. The molecule has 0 unspecified atom stereocenters. The van der Waals surface area contributed by atoms with Gasteiger partial charge in [-0.1, -0.05) is 30.3 Å². The summed E-state index contributed by atoms with van der Waals surface area (Å²) in [5.41, 5.74) is 3.61. The third kappa shape index (κ3) is 2.50. The second-order valence-electron chi connectivity index (χ2n) is 3.88. The van der Waals surface area contributed by atoms with E-state index in [-0.39, 0.29) is 6.42 Å². The van der Waals surface area contributed by atoms with E-state index in [2.05, 4.69) is 4.98 Å². The van der Waals surface area contributed by atoms with Crippen molar-refractivity contribution in [3.63, 3.8) is 0 Å². The number of carbonyl (C=O) groups is 1. The van der Waals surface area contributed by atoms with Gasteiger partial charge in [-0.05, 0) is 24.1 Å². The van der Waals surface area contributed by atoms with Crippen LogP contribution in [0, 0.1) is 6.92 Å². The first-order valence-corrected chi connectivity index (χ1v) is 5.40. The Hall–Kier alpha value is -2.16. The Morgan fingerprint density at radius 3 is 2.59 bits per heavy atom. The van der Waals surface area contributed by atoms with Crippen LogP contribution in [0.2, 0.25) is 0 Å². The van der Waals surface area contributed by atoms with Crippen molar-refractivity contribution in [2.24, 2.45) is 0 Å². The number of benzene rings is 1. The van der Waals surface area contributed by atoms with Gasteiger partial charge in [0.2, 0.25) is 0 Å². The third-order valence-electron chi connectivity index (χ3n) is 2.71. The van der Waals surface area contributed by atoms with Crippen LogP contribution in [0.25, 0.3) is 11.3 Å². The van der Waals surface area contributed by atoms with Crippen LogP contribution in [0.15, 0.2) is 42.6 Å². The van der Waals surface area contributed by atoms with Crippen molar-refractivity contribution in [2.45, 2.75) is 13.3 Å². The molecule has 17 heavy (non-hydrogen) atoms. The molecule has 86 valence electrons. The number of nitrogens with zero attached hydrogens (tertiary/aromatic N) is 1. The van der Waals surface area contributed by atoms with E-state index in [0.717, 1.165) is 22.4 Å². The summed E-state index contributed by atoms with van der Waals surface area (Å²) in [7, 11) is 0. The summed E-state index contributed by atoms with van der Waals surface area (Å²) in [6, 6.07) is 11.5. The molecule has 0 atom stereocenters. The molecule has 1 aromatic heterocycles. The molecule has 1 aromatic carbocycles. The number of carboxylic acids is 1. The number of aliphatic carboxylic acids is 1. The van der Waals surface area contributed by atoms with Crippen LogP contribution in [-0.4, -0.2) is 16.1 Å². The SMILES string of the molecule is Cc1c(CC(=O)O)ccnc1-c1ccccc1. The molecule has 0 saturated heterocycles. The van der Waals surface area contributed by atoms with Gasteiger partial charge >= 0.3 is 5.97 Å². The molecule has 0 spiro atoms. The smallest absolute Gasteiger partial charge is 0.307 e. The Balaban J connectivity index is 2.46. The van der Waals surface area contributed by atoms with E-state index in [9.17, 15) is 4.79 Å². The lowest BCUT2D eigenvalue weighted by molar-refractivity contribution is -0.136. The van der Waals surface area contributed by atoms with E-state index >= 15 is 0 Å². The highest BCUT2D eigenvalue weighted by atomic mass is 16.4. The zero-order valence-corrected chi connectivity index (χ0v) is 9.55. The minimum atomic E-state index is -0.821. The maximum Gasteiger partial charge on any atom is 0.307 e. The highest BCUT2D eigenvalue weighted by molar-refractivity contribution is 5.73. The summed E-state index contributed by atoms with van der Waals surface area (Å²) in [6.45, 7) is 1.91. The zero-order valence-electron chi connectivity index (χ0n) is 9.55. The monoisotopic (exact) mass is 227 g/mol. The molecule has 3 heteroatoms. The first kappa shape index (κ1) is 11.3. The minimum Gasteiger partial charge on any atom is -0.481 e. The Morgan fingerprint density at radius 1 is 1.24 bits per heavy atom. The van der Waals surface area contributed by atoms with Crippen molar-refractivity contribution in [3.8, 4) is 11.3 Å². The molecule has 0 amide bonds. The largest absolute Gasteiger partial charge is 0.481 e. The van der Waals surface area contributed by atoms with Gasteiger partial charge in [0, 0.05) is 11.8 Å². The van der Waals surface area contributed by atoms with Crippen LogP contribution in [0.5, 0.6) is 0 Å². The number of rotatable bonds is 3. The van der Waals surface area contributed by atoms with Gasteiger partial charge in [0.1, 0.15) is 0 Å². The van der Waals surface area contributed by atoms with Crippen LogP contribution < -0.4 is 0 Å². The zero-order chi connectivity index (χ0) is 12.3. The van der Waals surface area contributed by atoms with Crippen molar-refractivity contribution in [1.29, 1.82) is 0 Å². The maximum absolute atomic E-state index is 10.7. The minimum absolute atomic E-state index is 0.0359. The molecule has 0 bridgehead atoms. The predicted octanol–water partition coefficient (Wildman–Crippen LogP) is 2.68. The van der Waals surface area contributed by atoms with Gasteiger partial charge in [-0.2, -0.15) is 0 Å². The second kappa shape index (κ2) is 4.78. The van der Waals surface area contributed by atoms with Gasteiger partial charge in [-0.3, -0.25) is 9.78 Å². The number of pyridine rings is 1. The quantitative estimate of drug-likeness (QED) is 0.877. The number of aromatic nitrogens is 1. The summed E-state index contributed by atoms with van der Waals surface area (Å²) >= 11 is 0. The molecule has 2 aromatic rings. The normalized spacial score (nSPS) is 10.2. The van der Waals surface area contributed by atoms with Crippen molar-refractivity contribution in [1.82, 2.24) is 4.98 Å². The lowest BCUT2D eigenvalue weighted by Crippen LogP contribution is -2.03. The van der Waals surface area contributed by atoms with Gasteiger partial charge in [0.15, 0.2) is 0 Å². The molecule has 0 saturated carbocycles. The average molecular weight is 227 g/mol. The van der Waals surface area contributed by atoms with Crippen molar-refractivity contribution < 1.29 is 9.90 Å². The molecule has 0 aliphatic rings. The van der Waals surface area contributed by atoms with Crippen LogP contribution in [0.1, 0.15) is 11.1 Å². The lowest BCUT2D eigenvalue weighted by atomic mass is 10.0. The number of hydrogen-bond acceptors (Lipinski definition) is 2. The fourth-order valence-corrected chi connectivity index (χ4v) is 1.82. The summed E-state index contributed by atoms with van der Waals surface area (Å²) in [6.07, 6.45) is 1.70. The van der Waals surface area contributed by atoms with Gasteiger partial charge < -0.3 is 5.11 Å². The van der Waals surface area contributed by atoms with Crippen molar-refractivity contribution in [2.75, 3.05) is 0 Å². The molecule has 0 aliphatic heterocycles. The summed E-state index contributed by atoms with van der Waals surface area (Å²) in [4.78, 5) is 15.1. The Bertz CT molecular complexity index is 535. The first-order valence-electron chi connectivity index (χ1n) is 5.40. The van der Waals surface area contributed by atoms with E-state index < -0.39 is 5.97 Å². The fourth-order valence-electron chi connectivity index (χ4n) is 1.82. The maximum atomic E-state index is 10.7. The van der Waals surface area contributed by atoms with Gasteiger partial charge in [-0.25, -0.2) is 0 Å². The van der Waals surface area contributed by atoms with Gasteiger partial charge in [-0.15, -0.1) is 0 Å². The van der Waals surface area contributed by atoms with E-state index in [1.165, 1.54) is 0 Å². The summed E-state index contributed by atoms with van der Waals surface area (Å²) in [5.74, 6) is -0.821. The molecule has 1 N–H and O–H groups in total. The molecule has 1 heterocycles. The summed E-state index contributed by atoms with van der Waals surface area (Å²) < 4.78 is 0. The van der Waals surface area contributed by atoms with Gasteiger partial charge in [0.05, 0.1) is 12.1 Å². The van der Waals surface area contributed by atoms with E-state index in [4.69, 9.17) is 5.11 Å². The third-order valence-corrected chi connectivity index (χ3v) is 2.71. The standard InChI is InChI=1S/C14H13NO2/c1-10-12(9-13(16)17)7-8-15-14(10)11-5-3-2-4-6-11/h2-8H,9H2,1H3,(H,16,17). The Morgan fingerprint density at radius 2 is 1.94 bits per heavy atom. The molecule has 3 nitrogen and oxygen atoms in total. The molecular formula is C14H13NO2. The predicted molar refractivity (Wildman–Crippen MR) is 65.7 cm³/mol. The van der Waals surface area contributed by atoms with Crippen molar-refractivity contribution in [3.05, 3.63) is 53.7 Å². The molecule has 0 aliphatic carbocycles. The second-order valence-corrected chi connectivity index (χ2v) is 3.88. The number of carboxylic acid groups (broad SMARTS) is 1. The van der Waals surface area contributed by atoms with E-state index in [1.54, 1.807) is 12.3 Å². The van der Waals surface area contributed by atoms with E-state index in [1.807, 2.05) is 37.3 Å². The van der Waals surface area contributed by atoms with Crippen LogP contribution in [-0.2, 0) is 11.2 Å². The average Bonchev–Trinajstić information content (AvgIpc) is 2.32. The van der Waals surface area contributed by atoms with Gasteiger partial charge in [0.25, 0.3) is 0 Å². The fraction of sp³-hybridized carbons (Fsp3) is 0.143. The number of hydrogen-bond donors (Lipinski definition) is 1. The lowest BCUT2D eigenvalue weighted by Gasteiger charge is -2.08. The van der Waals surface area contributed by atoms with Crippen LogP contribution >= 0.6 is 0 Å². The van der Waals surface area contributed by atoms with Crippen molar-refractivity contribution >= 4 is 5.97 Å². The van der Waals surface area contributed by atoms with E-state index in [0.29, 0.717) is 0 Å². The molecule has 2 rings (SSSR count). The first-order chi connectivity index (χ1) is 8.18. The molecule has 0 fully saturated rings. The Kier molecular flexibility index (Phi) is 3.19. The summed E-state index contributed by atoms with van der Waals surface area (Å²) in [5, 5.41) is 8.83. The highest BCUT2D eigenvalue weighted by Gasteiger charge is 2.09.